The standard InChI is InChI=1S/C20H18Cl2N2O2/c21-16-6-5-14(11-17(16)22)13-23-7-9-24(10-8-23)20(25)19-12-15-3-1-2-4-18(15)26-19/h1-6,11-12H,7-10,13H2. The van der Waals surface area contributed by atoms with Gasteiger partial charge in [0, 0.05) is 38.1 Å². The van der Waals surface area contributed by atoms with E-state index in [0.717, 1.165) is 36.2 Å². The van der Waals surface area contributed by atoms with E-state index in [2.05, 4.69) is 4.90 Å². The Bertz CT molecular complexity index is 913. The number of furan rings is 1. The van der Waals surface area contributed by atoms with Gasteiger partial charge in [-0.15, -0.1) is 0 Å². The lowest BCUT2D eigenvalue weighted by molar-refractivity contribution is 0.0600. The van der Waals surface area contributed by atoms with E-state index in [4.69, 9.17) is 27.6 Å². The highest BCUT2D eigenvalue weighted by Crippen LogP contribution is 2.24. The number of piperazine rings is 1. The van der Waals surface area contributed by atoms with E-state index in [0.29, 0.717) is 28.9 Å². The molecular weight excluding hydrogens is 371 g/mol. The van der Waals surface area contributed by atoms with E-state index in [9.17, 15) is 4.79 Å². The van der Waals surface area contributed by atoms with Crippen LogP contribution in [0.15, 0.2) is 52.9 Å². The molecule has 0 atom stereocenters. The highest BCUT2D eigenvalue weighted by molar-refractivity contribution is 6.42. The van der Waals surface area contributed by atoms with Gasteiger partial charge in [0.05, 0.1) is 10.0 Å². The fourth-order valence-electron chi connectivity index (χ4n) is 3.25. The Morgan fingerprint density at radius 1 is 0.962 bits per heavy atom. The summed E-state index contributed by atoms with van der Waals surface area (Å²) in [5.74, 6) is 0.361. The van der Waals surface area contributed by atoms with Crippen LogP contribution in [0.25, 0.3) is 11.0 Å². The third kappa shape index (κ3) is 3.58. The molecule has 0 spiro atoms. The number of para-hydroxylation sites is 1. The van der Waals surface area contributed by atoms with Crippen molar-refractivity contribution in [2.24, 2.45) is 0 Å². The van der Waals surface area contributed by atoms with E-state index in [1.54, 1.807) is 0 Å². The number of carbonyl (C=O) groups is 1. The Balaban J connectivity index is 1.38. The zero-order valence-electron chi connectivity index (χ0n) is 14.1. The van der Waals surface area contributed by atoms with E-state index < -0.39 is 0 Å². The Hall–Kier alpha value is -2.01. The summed E-state index contributed by atoms with van der Waals surface area (Å²) in [6.07, 6.45) is 0. The average molecular weight is 389 g/mol. The Kier molecular flexibility index (Phi) is 4.90. The normalized spacial score (nSPS) is 15.5. The quantitative estimate of drug-likeness (QED) is 0.652. The summed E-state index contributed by atoms with van der Waals surface area (Å²) >= 11 is 12.1. The molecule has 1 amide bonds. The van der Waals surface area contributed by atoms with Gasteiger partial charge in [0.25, 0.3) is 5.91 Å². The second-order valence-corrected chi connectivity index (χ2v) is 7.28. The third-order valence-corrected chi connectivity index (χ3v) is 5.43. The zero-order chi connectivity index (χ0) is 18.1. The molecule has 26 heavy (non-hydrogen) atoms. The van der Waals surface area contributed by atoms with Gasteiger partial charge in [0.15, 0.2) is 5.76 Å². The van der Waals surface area contributed by atoms with Crippen LogP contribution >= 0.6 is 23.2 Å². The molecule has 1 aromatic heterocycles. The van der Waals surface area contributed by atoms with Gasteiger partial charge < -0.3 is 9.32 Å². The van der Waals surface area contributed by atoms with Crippen molar-refractivity contribution in [3.63, 3.8) is 0 Å². The monoisotopic (exact) mass is 388 g/mol. The Morgan fingerprint density at radius 2 is 1.73 bits per heavy atom. The number of nitrogens with zero attached hydrogens (tertiary/aromatic N) is 2. The van der Waals surface area contributed by atoms with Crippen molar-refractivity contribution < 1.29 is 9.21 Å². The van der Waals surface area contributed by atoms with E-state index in [-0.39, 0.29) is 5.91 Å². The van der Waals surface area contributed by atoms with Crippen LogP contribution in [0.4, 0.5) is 0 Å². The third-order valence-electron chi connectivity index (χ3n) is 4.69. The lowest BCUT2D eigenvalue weighted by Crippen LogP contribution is -2.48. The minimum Gasteiger partial charge on any atom is -0.451 e. The van der Waals surface area contributed by atoms with E-state index >= 15 is 0 Å². The van der Waals surface area contributed by atoms with Crippen LogP contribution in [0.1, 0.15) is 16.1 Å². The maximum Gasteiger partial charge on any atom is 0.289 e. The molecule has 3 aromatic rings. The Labute approximate surface area is 161 Å². The van der Waals surface area contributed by atoms with Gasteiger partial charge >= 0.3 is 0 Å². The second kappa shape index (κ2) is 7.31. The number of fused-ring (bicyclic) bond motifs is 1. The van der Waals surface area contributed by atoms with E-state index in [1.807, 2.05) is 53.4 Å². The Morgan fingerprint density at radius 3 is 2.46 bits per heavy atom. The predicted molar refractivity (Wildman–Crippen MR) is 104 cm³/mol. The summed E-state index contributed by atoms with van der Waals surface area (Å²) in [5, 5.41) is 2.09. The first-order valence-corrected chi connectivity index (χ1v) is 9.30. The minimum atomic E-state index is -0.0459. The summed E-state index contributed by atoms with van der Waals surface area (Å²) in [5.41, 5.74) is 1.87. The highest BCUT2D eigenvalue weighted by atomic mass is 35.5. The van der Waals surface area contributed by atoms with Crippen LogP contribution in [-0.2, 0) is 6.54 Å². The molecule has 6 heteroatoms. The molecule has 1 aliphatic heterocycles. The largest absolute Gasteiger partial charge is 0.451 e. The number of rotatable bonds is 3. The van der Waals surface area contributed by atoms with Crippen LogP contribution < -0.4 is 0 Å². The highest BCUT2D eigenvalue weighted by Gasteiger charge is 2.24. The molecule has 1 aliphatic rings. The second-order valence-electron chi connectivity index (χ2n) is 6.47. The maximum atomic E-state index is 12.7. The van der Waals surface area contributed by atoms with Crippen LogP contribution in [0, 0.1) is 0 Å². The summed E-state index contributed by atoms with van der Waals surface area (Å²) in [7, 11) is 0. The number of hydrogen-bond donors (Lipinski definition) is 0. The molecule has 4 rings (SSSR count). The molecule has 0 radical (unpaired) electrons. The summed E-state index contributed by atoms with van der Waals surface area (Å²) < 4.78 is 5.70. The first kappa shape index (κ1) is 17.4. The van der Waals surface area contributed by atoms with Gasteiger partial charge in [-0.25, -0.2) is 0 Å². The van der Waals surface area contributed by atoms with Crippen molar-refractivity contribution in [1.82, 2.24) is 9.80 Å². The predicted octanol–water partition coefficient (Wildman–Crippen LogP) is 4.70. The topological polar surface area (TPSA) is 36.7 Å². The number of benzene rings is 2. The summed E-state index contributed by atoms with van der Waals surface area (Å²) in [6.45, 7) is 3.77. The number of carbonyl (C=O) groups excluding carboxylic acids is 1. The summed E-state index contributed by atoms with van der Waals surface area (Å²) in [6, 6.07) is 15.2. The first-order chi connectivity index (χ1) is 12.6. The van der Waals surface area contributed by atoms with Gasteiger partial charge in [-0.05, 0) is 29.8 Å². The molecule has 0 saturated carbocycles. The fourth-order valence-corrected chi connectivity index (χ4v) is 3.57. The van der Waals surface area contributed by atoms with Crippen LogP contribution in [0.2, 0.25) is 10.0 Å². The summed E-state index contributed by atoms with van der Waals surface area (Å²) in [4.78, 5) is 16.9. The van der Waals surface area contributed by atoms with Crippen LogP contribution in [0.5, 0.6) is 0 Å². The van der Waals surface area contributed by atoms with Crippen molar-refractivity contribution in [3.8, 4) is 0 Å². The number of halogens is 2. The molecule has 0 bridgehead atoms. The molecule has 1 saturated heterocycles. The lowest BCUT2D eigenvalue weighted by atomic mass is 10.2. The molecule has 0 N–H and O–H groups in total. The van der Waals surface area contributed by atoms with E-state index in [1.165, 1.54) is 0 Å². The molecule has 2 heterocycles. The molecule has 0 unspecified atom stereocenters. The first-order valence-electron chi connectivity index (χ1n) is 8.54. The zero-order valence-corrected chi connectivity index (χ0v) is 15.6. The smallest absolute Gasteiger partial charge is 0.289 e. The van der Waals surface area contributed by atoms with Crippen molar-refractivity contribution in [2.45, 2.75) is 6.54 Å². The SMILES string of the molecule is O=C(c1cc2ccccc2o1)N1CCN(Cc2ccc(Cl)c(Cl)c2)CC1. The molecule has 134 valence electrons. The van der Waals surface area contributed by atoms with Crippen molar-refractivity contribution in [1.29, 1.82) is 0 Å². The van der Waals surface area contributed by atoms with Gasteiger partial charge in [-0.2, -0.15) is 0 Å². The number of amides is 1. The maximum absolute atomic E-state index is 12.7. The molecule has 2 aromatic carbocycles. The molecule has 4 nitrogen and oxygen atoms in total. The van der Waals surface area contributed by atoms with Crippen LogP contribution in [-0.4, -0.2) is 41.9 Å². The van der Waals surface area contributed by atoms with Crippen molar-refractivity contribution >= 4 is 40.1 Å². The fraction of sp³-hybridized carbons (Fsp3) is 0.250. The van der Waals surface area contributed by atoms with Gasteiger partial charge in [-0.3, -0.25) is 9.69 Å². The van der Waals surface area contributed by atoms with Gasteiger partial charge in [-0.1, -0.05) is 47.5 Å². The van der Waals surface area contributed by atoms with Crippen LogP contribution in [0.3, 0.4) is 0 Å². The van der Waals surface area contributed by atoms with Gasteiger partial charge in [0.1, 0.15) is 5.58 Å². The molecule has 0 aliphatic carbocycles. The van der Waals surface area contributed by atoms with Gasteiger partial charge in [0.2, 0.25) is 0 Å². The lowest BCUT2D eigenvalue weighted by Gasteiger charge is -2.34. The molecule has 1 fully saturated rings. The minimum absolute atomic E-state index is 0.0459. The molecular formula is C20H18Cl2N2O2. The number of hydrogen-bond acceptors (Lipinski definition) is 3. The van der Waals surface area contributed by atoms with Crippen molar-refractivity contribution in [3.05, 3.63) is 69.9 Å². The average Bonchev–Trinajstić information content (AvgIpc) is 3.09. The van der Waals surface area contributed by atoms with Crippen molar-refractivity contribution in [2.75, 3.05) is 26.2 Å².